The maximum absolute atomic E-state index is 12.3. The highest BCUT2D eigenvalue weighted by molar-refractivity contribution is 7.11. The van der Waals surface area contributed by atoms with Crippen molar-refractivity contribution in [2.75, 3.05) is 18.9 Å². The number of nitrogens with one attached hydrogen (secondary N) is 1. The lowest BCUT2D eigenvalue weighted by Crippen LogP contribution is -2.34. The zero-order valence-electron chi connectivity index (χ0n) is 14.1. The summed E-state index contributed by atoms with van der Waals surface area (Å²) < 4.78 is 1.69. The van der Waals surface area contributed by atoms with Crippen LogP contribution in [0.15, 0.2) is 6.07 Å². The second kappa shape index (κ2) is 6.41. The Hall–Kier alpha value is -1.73. The average molecular weight is 333 g/mol. The number of hydrogen-bond donors (Lipinski definition) is 1. The number of aromatic nitrogens is 3. The minimum Gasteiger partial charge on any atom is -0.310 e. The Morgan fingerprint density at radius 2 is 2.30 bits per heavy atom. The maximum atomic E-state index is 12.3. The van der Waals surface area contributed by atoms with E-state index in [-0.39, 0.29) is 5.91 Å². The van der Waals surface area contributed by atoms with E-state index in [2.05, 4.69) is 27.2 Å². The number of carbonyl (C=O) groups excluding carboxylic acids is 1. The van der Waals surface area contributed by atoms with Crippen molar-refractivity contribution in [3.63, 3.8) is 0 Å². The van der Waals surface area contributed by atoms with Gasteiger partial charge in [-0.15, -0.1) is 11.3 Å². The fraction of sp³-hybridized carbons (Fsp3) is 0.562. The summed E-state index contributed by atoms with van der Waals surface area (Å²) in [5.74, 6) is 0.725. The van der Waals surface area contributed by atoms with Gasteiger partial charge < -0.3 is 5.32 Å². The SMILES string of the molecule is Cc1cc(NC(=O)CN(C)[C@H]2CCCc3nc(C)sc32)n(C)n1. The third kappa shape index (κ3) is 3.45. The number of carbonyl (C=O) groups is 1. The quantitative estimate of drug-likeness (QED) is 0.933. The number of fused-ring (bicyclic) bond motifs is 1. The smallest absolute Gasteiger partial charge is 0.239 e. The van der Waals surface area contributed by atoms with E-state index in [4.69, 9.17) is 0 Å². The van der Waals surface area contributed by atoms with Crippen LogP contribution >= 0.6 is 11.3 Å². The fourth-order valence-corrected chi connectivity index (χ4v) is 4.36. The average Bonchev–Trinajstić information content (AvgIpc) is 2.99. The highest BCUT2D eigenvalue weighted by Gasteiger charge is 2.28. The molecule has 0 radical (unpaired) electrons. The van der Waals surface area contributed by atoms with Crippen LogP contribution in [0, 0.1) is 13.8 Å². The Morgan fingerprint density at radius 3 is 3.00 bits per heavy atom. The molecule has 1 N–H and O–H groups in total. The predicted molar refractivity (Wildman–Crippen MR) is 91.7 cm³/mol. The molecule has 1 aliphatic rings. The minimum atomic E-state index is -0.0103. The fourth-order valence-electron chi connectivity index (χ4n) is 3.19. The molecule has 7 heteroatoms. The minimum absolute atomic E-state index is 0.0103. The van der Waals surface area contributed by atoms with Gasteiger partial charge >= 0.3 is 0 Å². The van der Waals surface area contributed by atoms with E-state index < -0.39 is 0 Å². The summed E-state index contributed by atoms with van der Waals surface area (Å²) in [5.41, 5.74) is 2.12. The lowest BCUT2D eigenvalue weighted by Gasteiger charge is -2.30. The van der Waals surface area contributed by atoms with Crippen LogP contribution in [0.1, 0.15) is 40.2 Å². The van der Waals surface area contributed by atoms with Crippen molar-refractivity contribution in [1.29, 1.82) is 0 Å². The lowest BCUT2D eigenvalue weighted by atomic mass is 9.97. The van der Waals surface area contributed by atoms with Gasteiger partial charge in [0.25, 0.3) is 0 Å². The Kier molecular flexibility index (Phi) is 4.50. The van der Waals surface area contributed by atoms with E-state index in [0.29, 0.717) is 12.6 Å². The summed E-state index contributed by atoms with van der Waals surface area (Å²) >= 11 is 1.76. The van der Waals surface area contributed by atoms with Crippen LogP contribution in [0.4, 0.5) is 5.82 Å². The largest absolute Gasteiger partial charge is 0.310 e. The molecule has 0 saturated carbocycles. The first-order valence-electron chi connectivity index (χ1n) is 7.91. The third-order valence-electron chi connectivity index (χ3n) is 4.22. The van der Waals surface area contributed by atoms with Gasteiger partial charge in [0.15, 0.2) is 0 Å². The first-order chi connectivity index (χ1) is 10.9. The molecule has 0 unspecified atom stereocenters. The zero-order valence-corrected chi connectivity index (χ0v) is 14.9. The molecule has 23 heavy (non-hydrogen) atoms. The summed E-state index contributed by atoms with van der Waals surface area (Å²) in [7, 11) is 3.85. The van der Waals surface area contributed by atoms with Crippen LogP contribution in [0.2, 0.25) is 0 Å². The predicted octanol–water partition coefficient (Wildman–Crippen LogP) is 2.44. The van der Waals surface area contributed by atoms with Gasteiger partial charge in [-0.3, -0.25) is 14.4 Å². The number of amides is 1. The molecule has 0 saturated heterocycles. The van der Waals surface area contributed by atoms with Gasteiger partial charge in [-0.25, -0.2) is 4.98 Å². The van der Waals surface area contributed by atoms with Crippen LogP contribution in [0.3, 0.4) is 0 Å². The summed E-state index contributed by atoms with van der Waals surface area (Å²) in [6.45, 7) is 4.33. The van der Waals surface area contributed by atoms with Crippen LogP contribution in [0.5, 0.6) is 0 Å². The van der Waals surface area contributed by atoms with Gasteiger partial charge in [-0.1, -0.05) is 0 Å². The molecule has 1 aliphatic carbocycles. The number of aryl methyl sites for hydroxylation is 4. The van der Waals surface area contributed by atoms with Crippen molar-refractivity contribution in [2.45, 2.75) is 39.2 Å². The van der Waals surface area contributed by atoms with E-state index >= 15 is 0 Å². The molecule has 0 aromatic carbocycles. The van der Waals surface area contributed by atoms with Crippen molar-refractivity contribution in [3.8, 4) is 0 Å². The molecule has 0 bridgehead atoms. The van der Waals surface area contributed by atoms with Gasteiger partial charge in [-0.05, 0) is 40.2 Å². The number of nitrogens with zero attached hydrogens (tertiary/aromatic N) is 4. The van der Waals surface area contributed by atoms with Crippen LogP contribution < -0.4 is 5.32 Å². The first kappa shape index (κ1) is 16.1. The van der Waals surface area contributed by atoms with E-state index in [0.717, 1.165) is 35.8 Å². The van der Waals surface area contributed by atoms with Crippen molar-refractivity contribution in [2.24, 2.45) is 7.05 Å². The van der Waals surface area contributed by atoms with E-state index in [9.17, 15) is 4.79 Å². The molecular formula is C16H23N5OS. The molecular weight excluding hydrogens is 310 g/mol. The molecule has 2 aromatic heterocycles. The Morgan fingerprint density at radius 1 is 1.52 bits per heavy atom. The Balaban J connectivity index is 1.66. The van der Waals surface area contributed by atoms with Crippen molar-refractivity contribution >= 4 is 23.1 Å². The maximum Gasteiger partial charge on any atom is 0.239 e. The second-order valence-electron chi connectivity index (χ2n) is 6.21. The van der Waals surface area contributed by atoms with Crippen LogP contribution in [0.25, 0.3) is 0 Å². The van der Waals surface area contributed by atoms with E-state index in [1.807, 2.05) is 27.1 Å². The number of thiazole rings is 1. The molecule has 6 nitrogen and oxygen atoms in total. The highest BCUT2D eigenvalue weighted by Crippen LogP contribution is 2.37. The lowest BCUT2D eigenvalue weighted by molar-refractivity contribution is -0.117. The van der Waals surface area contributed by atoms with Gasteiger partial charge in [-0.2, -0.15) is 5.10 Å². The van der Waals surface area contributed by atoms with Crippen molar-refractivity contribution in [3.05, 3.63) is 27.3 Å². The molecule has 2 aromatic rings. The molecule has 3 rings (SSSR count). The zero-order chi connectivity index (χ0) is 16.6. The topological polar surface area (TPSA) is 63.1 Å². The normalized spacial score (nSPS) is 17.3. The molecule has 0 spiro atoms. The third-order valence-corrected chi connectivity index (χ3v) is 5.34. The summed E-state index contributed by atoms with van der Waals surface area (Å²) in [4.78, 5) is 20.4. The molecule has 2 heterocycles. The molecule has 1 amide bonds. The van der Waals surface area contributed by atoms with Crippen LogP contribution in [-0.4, -0.2) is 39.2 Å². The highest BCUT2D eigenvalue weighted by atomic mass is 32.1. The molecule has 1 atom stereocenters. The number of rotatable bonds is 4. The first-order valence-corrected chi connectivity index (χ1v) is 8.72. The van der Waals surface area contributed by atoms with Crippen molar-refractivity contribution in [1.82, 2.24) is 19.7 Å². The summed E-state index contributed by atoms with van der Waals surface area (Å²) in [5, 5.41) is 8.30. The molecule has 0 fully saturated rings. The van der Waals surface area contributed by atoms with Crippen molar-refractivity contribution < 1.29 is 4.79 Å². The Labute approximate surface area is 140 Å². The van der Waals surface area contributed by atoms with E-state index in [1.165, 1.54) is 10.6 Å². The second-order valence-corrected chi connectivity index (χ2v) is 7.44. The number of hydrogen-bond acceptors (Lipinski definition) is 5. The molecule has 124 valence electrons. The van der Waals surface area contributed by atoms with Gasteiger partial charge in [0, 0.05) is 24.0 Å². The monoisotopic (exact) mass is 333 g/mol. The number of anilines is 1. The Bertz CT molecular complexity index is 720. The van der Waals surface area contributed by atoms with Gasteiger partial charge in [0.05, 0.1) is 22.9 Å². The summed E-state index contributed by atoms with van der Waals surface area (Å²) in [6, 6.07) is 2.17. The summed E-state index contributed by atoms with van der Waals surface area (Å²) in [6.07, 6.45) is 3.28. The van der Waals surface area contributed by atoms with Crippen LogP contribution in [-0.2, 0) is 18.3 Å². The number of likely N-dealkylation sites (N-methyl/N-ethyl adjacent to an activating group) is 1. The van der Waals surface area contributed by atoms with E-state index in [1.54, 1.807) is 16.0 Å². The van der Waals surface area contributed by atoms with Gasteiger partial charge in [0.1, 0.15) is 5.82 Å². The molecule has 0 aliphatic heterocycles. The van der Waals surface area contributed by atoms with Gasteiger partial charge in [0.2, 0.25) is 5.91 Å². The standard InChI is InChI=1S/C16H23N5OS/c1-10-8-14(21(4)19-10)18-15(22)9-20(3)13-7-5-6-12-16(13)23-11(2)17-12/h8,13H,5-7,9H2,1-4H3,(H,18,22)/t13-/m0/s1.